The minimum Gasteiger partial charge on any atom is -0.372 e. The molecule has 0 aromatic heterocycles. The molecule has 1 atom stereocenters. The zero-order chi connectivity index (χ0) is 13.1. The van der Waals surface area contributed by atoms with E-state index in [9.17, 15) is 0 Å². The summed E-state index contributed by atoms with van der Waals surface area (Å²) < 4.78 is 0. The van der Waals surface area contributed by atoms with Crippen LogP contribution in [0.2, 0.25) is 5.02 Å². The van der Waals surface area contributed by atoms with E-state index in [1.165, 1.54) is 36.9 Å². The molecule has 1 aliphatic rings. The maximum atomic E-state index is 6.39. The van der Waals surface area contributed by atoms with Gasteiger partial charge in [0.1, 0.15) is 0 Å². The highest BCUT2D eigenvalue weighted by molar-refractivity contribution is 6.31. The molecule has 0 amide bonds. The lowest BCUT2D eigenvalue weighted by molar-refractivity contribution is 0.646. The van der Waals surface area contributed by atoms with Gasteiger partial charge in [0.2, 0.25) is 0 Å². The molecule has 18 heavy (non-hydrogen) atoms. The number of halogens is 1. The van der Waals surface area contributed by atoms with E-state index in [2.05, 4.69) is 42.4 Å². The first kappa shape index (κ1) is 13.7. The Hall–Kier alpha value is -0.730. The zero-order valence-corrected chi connectivity index (χ0v) is 12.3. The van der Waals surface area contributed by atoms with Gasteiger partial charge in [-0.1, -0.05) is 30.5 Å². The molecule has 0 radical (unpaired) electrons. The van der Waals surface area contributed by atoms with Crippen molar-refractivity contribution >= 4 is 17.3 Å². The molecule has 3 heteroatoms. The Kier molecular flexibility index (Phi) is 4.52. The third-order valence-electron chi connectivity index (χ3n) is 4.16. The molecule has 0 aliphatic heterocycles. The van der Waals surface area contributed by atoms with E-state index in [1.54, 1.807) is 0 Å². The first-order valence-corrected chi connectivity index (χ1v) is 7.21. The van der Waals surface area contributed by atoms with E-state index in [1.807, 2.05) is 7.05 Å². The van der Waals surface area contributed by atoms with E-state index < -0.39 is 0 Å². The summed E-state index contributed by atoms with van der Waals surface area (Å²) in [6.45, 7) is 2.13. The van der Waals surface area contributed by atoms with E-state index in [0.717, 1.165) is 5.02 Å². The van der Waals surface area contributed by atoms with Crippen LogP contribution in [-0.4, -0.2) is 20.1 Å². The second kappa shape index (κ2) is 5.94. The fraction of sp³-hybridized carbons (Fsp3) is 0.600. The highest BCUT2D eigenvalue weighted by Gasteiger charge is 2.20. The summed E-state index contributed by atoms with van der Waals surface area (Å²) in [6.07, 6.45) is 5.33. The molecule has 100 valence electrons. The van der Waals surface area contributed by atoms with Crippen molar-refractivity contribution in [2.45, 2.75) is 44.7 Å². The molecule has 0 heterocycles. The predicted octanol–water partition coefficient (Wildman–Crippen LogP) is 4.00. The number of hydrogen-bond acceptors (Lipinski definition) is 2. The number of hydrogen-bond donors (Lipinski definition) is 1. The molecule has 2 nitrogen and oxygen atoms in total. The van der Waals surface area contributed by atoms with Crippen LogP contribution in [0.1, 0.15) is 44.2 Å². The minimum atomic E-state index is 0.295. The highest BCUT2D eigenvalue weighted by atomic mass is 35.5. The van der Waals surface area contributed by atoms with Crippen LogP contribution in [0.5, 0.6) is 0 Å². The van der Waals surface area contributed by atoms with Gasteiger partial charge in [0.15, 0.2) is 0 Å². The highest BCUT2D eigenvalue weighted by Crippen LogP contribution is 2.31. The average Bonchev–Trinajstić information content (AvgIpc) is 2.90. The van der Waals surface area contributed by atoms with E-state index in [-0.39, 0.29) is 0 Å². The van der Waals surface area contributed by atoms with E-state index in [4.69, 9.17) is 11.6 Å². The van der Waals surface area contributed by atoms with Crippen molar-refractivity contribution in [3.8, 4) is 0 Å². The molecule has 1 N–H and O–H groups in total. The second-order valence-corrected chi connectivity index (χ2v) is 5.67. The van der Waals surface area contributed by atoms with Crippen molar-refractivity contribution in [3.05, 3.63) is 28.8 Å². The average molecular weight is 267 g/mol. The van der Waals surface area contributed by atoms with Gasteiger partial charge in [-0.15, -0.1) is 0 Å². The van der Waals surface area contributed by atoms with Crippen molar-refractivity contribution in [1.29, 1.82) is 0 Å². The van der Waals surface area contributed by atoms with Gasteiger partial charge in [0.25, 0.3) is 0 Å². The Bertz CT molecular complexity index is 399. The van der Waals surface area contributed by atoms with Gasteiger partial charge in [-0.2, -0.15) is 0 Å². The van der Waals surface area contributed by atoms with E-state index in [0.29, 0.717) is 12.1 Å². The quantitative estimate of drug-likeness (QED) is 0.886. The van der Waals surface area contributed by atoms with Gasteiger partial charge in [0.05, 0.1) is 0 Å². The Balaban J connectivity index is 2.17. The van der Waals surface area contributed by atoms with Crippen molar-refractivity contribution < 1.29 is 0 Å². The number of nitrogens with one attached hydrogen (secondary N) is 1. The molecule has 0 saturated heterocycles. The van der Waals surface area contributed by atoms with Crippen LogP contribution in [0.3, 0.4) is 0 Å². The van der Waals surface area contributed by atoms with Gasteiger partial charge in [0, 0.05) is 29.8 Å². The molecule has 1 unspecified atom stereocenters. The number of nitrogens with zero attached hydrogens (tertiary/aromatic N) is 1. The van der Waals surface area contributed by atoms with Crippen LogP contribution in [-0.2, 0) is 0 Å². The zero-order valence-electron chi connectivity index (χ0n) is 11.5. The van der Waals surface area contributed by atoms with Gasteiger partial charge in [-0.25, -0.2) is 0 Å². The summed E-state index contributed by atoms with van der Waals surface area (Å²) in [4.78, 5) is 2.38. The monoisotopic (exact) mass is 266 g/mol. The fourth-order valence-electron chi connectivity index (χ4n) is 2.74. The molecule has 2 rings (SSSR count). The predicted molar refractivity (Wildman–Crippen MR) is 79.6 cm³/mol. The van der Waals surface area contributed by atoms with Crippen LogP contribution in [0.4, 0.5) is 5.69 Å². The second-order valence-electron chi connectivity index (χ2n) is 5.27. The lowest BCUT2D eigenvalue weighted by Crippen LogP contribution is -2.28. The van der Waals surface area contributed by atoms with Crippen molar-refractivity contribution in [2.75, 3.05) is 19.0 Å². The first-order chi connectivity index (χ1) is 8.63. The van der Waals surface area contributed by atoms with Crippen LogP contribution < -0.4 is 10.2 Å². The number of anilines is 1. The van der Waals surface area contributed by atoms with Crippen LogP contribution in [0.25, 0.3) is 0 Å². The molecule has 1 saturated carbocycles. The molecule has 0 bridgehead atoms. The topological polar surface area (TPSA) is 15.3 Å². The van der Waals surface area contributed by atoms with Gasteiger partial charge in [-0.3, -0.25) is 0 Å². The third kappa shape index (κ3) is 2.81. The van der Waals surface area contributed by atoms with Gasteiger partial charge in [-0.05, 0) is 44.5 Å². The summed E-state index contributed by atoms with van der Waals surface area (Å²) in [6, 6.07) is 7.41. The SMILES string of the molecule is CNC(C)c1ccc(N(C)C2CCCC2)cc1Cl. The summed E-state index contributed by atoms with van der Waals surface area (Å²) in [7, 11) is 4.14. The molecule has 1 aliphatic carbocycles. The molecular weight excluding hydrogens is 244 g/mol. The van der Waals surface area contributed by atoms with Gasteiger partial charge >= 0.3 is 0 Å². The maximum absolute atomic E-state index is 6.39. The smallest absolute Gasteiger partial charge is 0.0474 e. The Labute approximate surface area is 115 Å². The van der Waals surface area contributed by atoms with Crippen LogP contribution >= 0.6 is 11.6 Å². The summed E-state index contributed by atoms with van der Waals surface area (Å²) >= 11 is 6.39. The number of rotatable bonds is 4. The van der Waals surface area contributed by atoms with Gasteiger partial charge < -0.3 is 10.2 Å². The standard InChI is InChI=1S/C15H23ClN2/c1-11(17-2)14-9-8-13(10-15(14)16)18(3)12-6-4-5-7-12/h8-12,17H,4-7H2,1-3H3. The Morgan fingerprint density at radius 2 is 2.00 bits per heavy atom. The minimum absolute atomic E-state index is 0.295. The number of benzene rings is 1. The van der Waals surface area contributed by atoms with Crippen LogP contribution in [0.15, 0.2) is 18.2 Å². The van der Waals surface area contributed by atoms with Crippen molar-refractivity contribution in [1.82, 2.24) is 5.32 Å². The first-order valence-electron chi connectivity index (χ1n) is 6.83. The molecule has 0 spiro atoms. The van der Waals surface area contributed by atoms with Crippen LogP contribution in [0, 0.1) is 0 Å². The summed E-state index contributed by atoms with van der Waals surface area (Å²) in [5.74, 6) is 0. The molecule has 1 aromatic carbocycles. The normalized spacial score (nSPS) is 18.0. The molecular formula is C15H23ClN2. The van der Waals surface area contributed by atoms with E-state index >= 15 is 0 Å². The Morgan fingerprint density at radius 3 is 2.56 bits per heavy atom. The summed E-state index contributed by atoms with van der Waals surface area (Å²) in [5.41, 5.74) is 2.40. The summed E-state index contributed by atoms with van der Waals surface area (Å²) in [5, 5.41) is 4.09. The molecule has 1 fully saturated rings. The van der Waals surface area contributed by atoms with Crippen molar-refractivity contribution in [3.63, 3.8) is 0 Å². The van der Waals surface area contributed by atoms with Crippen molar-refractivity contribution in [2.24, 2.45) is 0 Å². The maximum Gasteiger partial charge on any atom is 0.0474 e. The lowest BCUT2D eigenvalue weighted by atomic mass is 10.1. The fourth-order valence-corrected chi connectivity index (χ4v) is 3.08. The Morgan fingerprint density at radius 1 is 1.33 bits per heavy atom. The third-order valence-corrected chi connectivity index (χ3v) is 4.49. The lowest BCUT2D eigenvalue weighted by Gasteiger charge is -2.27. The molecule has 1 aromatic rings. The largest absolute Gasteiger partial charge is 0.372 e.